The first-order valence-corrected chi connectivity index (χ1v) is 9.30. The molecule has 0 spiro atoms. The number of piperidine rings is 1. The molecule has 1 atom stereocenters. The van der Waals surface area contributed by atoms with E-state index in [0.717, 1.165) is 12.8 Å². The summed E-state index contributed by atoms with van der Waals surface area (Å²) in [5, 5.41) is 2.93. The van der Waals surface area contributed by atoms with Crippen molar-refractivity contribution in [2.75, 3.05) is 33.7 Å². The second-order valence-corrected chi connectivity index (χ2v) is 8.16. The van der Waals surface area contributed by atoms with E-state index in [4.69, 9.17) is 0 Å². The van der Waals surface area contributed by atoms with Gasteiger partial charge in [0.25, 0.3) is 10.2 Å². The summed E-state index contributed by atoms with van der Waals surface area (Å²) in [5.41, 5.74) is 1.17. The number of hydrogen-bond acceptors (Lipinski definition) is 3. The molecular formula is C16H25N3O3S. The highest BCUT2D eigenvalue weighted by molar-refractivity contribution is 7.86. The first-order valence-electron chi connectivity index (χ1n) is 7.90. The number of carbonyl (C=O) groups is 1. The van der Waals surface area contributed by atoms with E-state index >= 15 is 0 Å². The van der Waals surface area contributed by atoms with Gasteiger partial charge in [0.05, 0.1) is 5.92 Å². The van der Waals surface area contributed by atoms with E-state index in [1.807, 2.05) is 30.3 Å². The smallest absolute Gasteiger partial charge is 0.281 e. The molecule has 0 bridgehead atoms. The van der Waals surface area contributed by atoms with Crippen LogP contribution in [0.5, 0.6) is 0 Å². The predicted molar refractivity (Wildman–Crippen MR) is 90.1 cm³/mol. The van der Waals surface area contributed by atoms with Crippen LogP contribution in [0.4, 0.5) is 0 Å². The Balaban J connectivity index is 1.85. The quantitative estimate of drug-likeness (QED) is 0.836. The lowest BCUT2D eigenvalue weighted by atomic mass is 9.99. The third-order valence-electron chi connectivity index (χ3n) is 4.10. The number of nitrogens with zero attached hydrogens (tertiary/aromatic N) is 2. The molecular weight excluding hydrogens is 314 g/mol. The largest absolute Gasteiger partial charge is 0.355 e. The Morgan fingerprint density at radius 1 is 1.30 bits per heavy atom. The van der Waals surface area contributed by atoms with Crippen molar-refractivity contribution in [3.05, 3.63) is 35.9 Å². The fraction of sp³-hybridized carbons (Fsp3) is 0.562. The standard InChI is InChI=1S/C16H25N3O3S/c1-18(2)23(21,22)19-12-6-9-15(13-19)16(20)17-11-10-14-7-4-3-5-8-14/h3-5,7-8,15H,6,9-13H2,1-2H3,(H,17,20)/t15-/m1/s1. The molecule has 1 aliphatic rings. The Hall–Kier alpha value is -1.44. The van der Waals surface area contributed by atoms with Crippen molar-refractivity contribution in [1.82, 2.24) is 13.9 Å². The van der Waals surface area contributed by atoms with Gasteiger partial charge < -0.3 is 5.32 Å². The normalized spacial score (nSPS) is 19.7. The van der Waals surface area contributed by atoms with Crippen LogP contribution in [-0.2, 0) is 21.4 Å². The minimum atomic E-state index is -3.44. The molecule has 1 aliphatic heterocycles. The van der Waals surface area contributed by atoms with Crippen LogP contribution in [0.15, 0.2) is 30.3 Å². The van der Waals surface area contributed by atoms with Crippen LogP contribution < -0.4 is 5.32 Å². The molecule has 7 heteroatoms. The lowest BCUT2D eigenvalue weighted by molar-refractivity contribution is -0.126. The second-order valence-electron chi connectivity index (χ2n) is 6.01. The van der Waals surface area contributed by atoms with Gasteiger partial charge in [-0.15, -0.1) is 0 Å². The zero-order valence-electron chi connectivity index (χ0n) is 13.7. The highest BCUT2D eigenvalue weighted by atomic mass is 32.2. The van der Waals surface area contributed by atoms with Crippen LogP contribution in [0.1, 0.15) is 18.4 Å². The maximum atomic E-state index is 12.3. The van der Waals surface area contributed by atoms with Gasteiger partial charge in [0, 0.05) is 33.7 Å². The Morgan fingerprint density at radius 2 is 2.00 bits per heavy atom. The molecule has 0 aromatic heterocycles. The number of nitrogens with one attached hydrogen (secondary N) is 1. The number of carbonyl (C=O) groups excluding carboxylic acids is 1. The minimum absolute atomic E-state index is 0.0559. The topological polar surface area (TPSA) is 69.7 Å². The average molecular weight is 339 g/mol. The molecule has 6 nitrogen and oxygen atoms in total. The summed E-state index contributed by atoms with van der Waals surface area (Å²) in [6, 6.07) is 9.96. The van der Waals surface area contributed by atoms with Crippen molar-refractivity contribution in [3.63, 3.8) is 0 Å². The van der Waals surface area contributed by atoms with Gasteiger partial charge in [0.2, 0.25) is 5.91 Å². The van der Waals surface area contributed by atoms with E-state index in [-0.39, 0.29) is 18.4 Å². The maximum Gasteiger partial charge on any atom is 0.281 e. The minimum Gasteiger partial charge on any atom is -0.355 e. The fourth-order valence-corrected chi connectivity index (χ4v) is 3.91. The van der Waals surface area contributed by atoms with Gasteiger partial charge in [-0.25, -0.2) is 0 Å². The van der Waals surface area contributed by atoms with Crippen LogP contribution in [-0.4, -0.2) is 56.7 Å². The SMILES string of the molecule is CN(C)S(=O)(=O)N1CCC[C@@H](C(=O)NCCc2ccccc2)C1. The number of rotatable bonds is 6. The summed E-state index contributed by atoms with van der Waals surface area (Å²) >= 11 is 0. The predicted octanol–water partition coefficient (Wildman–Crippen LogP) is 0.864. The van der Waals surface area contributed by atoms with Crippen molar-refractivity contribution in [1.29, 1.82) is 0 Å². The van der Waals surface area contributed by atoms with E-state index < -0.39 is 10.2 Å². The zero-order chi connectivity index (χ0) is 16.9. The molecule has 0 unspecified atom stereocenters. The Labute approximate surface area is 138 Å². The summed E-state index contributed by atoms with van der Waals surface area (Å²) < 4.78 is 26.9. The summed E-state index contributed by atoms with van der Waals surface area (Å²) in [5.74, 6) is -0.325. The van der Waals surface area contributed by atoms with Gasteiger partial charge in [0.15, 0.2) is 0 Å². The zero-order valence-corrected chi connectivity index (χ0v) is 14.6. The molecule has 1 N–H and O–H groups in total. The van der Waals surface area contributed by atoms with Crippen LogP contribution in [0.3, 0.4) is 0 Å². The molecule has 1 heterocycles. The van der Waals surface area contributed by atoms with Crippen molar-refractivity contribution < 1.29 is 13.2 Å². The first kappa shape index (κ1) is 17.9. The van der Waals surface area contributed by atoms with Crippen molar-refractivity contribution in [2.24, 2.45) is 5.92 Å². The maximum absolute atomic E-state index is 12.3. The number of hydrogen-bond donors (Lipinski definition) is 1. The molecule has 0 saturated carbocycles. The molecule has 0 radical (unpaired) electrons. The van der Waals surface area contributed by atoms with Crippen molar-refractivity contribution in [2.45, 2.75) is 19.3 Å². The molecule has 1 aromatic carbocycles. The molecule has 128 valence electrons. The van der Waals surface area contributed by atoms with Crippen LogP contribution >= 0.6 is 0 Å². The number of amides is 1. The average Bonchev–Trinajstić information content (AvgIpc) is 2.55. The summed E-state index contributed by atoms with van der Waals surface area (Å²) in [6.07, 6.45) is 2.22. The molecule has 1 fully saturated rings. The highest BCUT2D eigenvalue weighted by Gasteiger charge is 2.33. The highest BCUT2D eigenvalue weighted by Crippen LogP contribution is 2.20. The van der Waals surface area contributed by atoms with E-state index in [1.54, 1.807) is 0 Å². The van der Waals surface area contributed by atoms with Gasteiger partial charge in [-0.1, -0.05) is 30.3 Å². The van der Waals surface area contributed by atoms with Gasteiger partial charge >= 0.3 is 0 Å². The lowest BCUT2D eigenvalue weighted by Crippen LogP contribution is -2.49. The number of benzene rings is 1. The first-order chi connectivity index (χ1) is 10.9. The van der Waals surface area contributed by atoms with Gasteiger partial charge in [-0.3, -0.25) is 4.79 Å². The molecule has 1 aromatic rings. The van der Waals surface area contributed by atoms with Crippen molar-refractivity contribution in [3.8, 4) is 0 Å². The van der Waals surface area contributed by atoms with Gasteiger partial charge in [-0.2, -0.15) is 17.0 Å². The van der Waals surface area contributed by atoms with Crippen LogP contribution in [0.2, 0.25) is 0 Å². The summed E-state index contributed by atoms with van der Waals surface area (Å²) in [6.45, 7) is 1.31. The lowest BCUT2D eigenvalue weighted by Gasteiger charge is -2.32. The molecule has 2 rings (SSSR count). The summed E-state index contributed by atoms with van der Waals surface area (Å²) in [7, 11) is -0.418. The summed E-state index contributed by atoms with van der Waals surface area (Å²) in [4.78, 5) is 12.3. The van der Waals surface area contributed by atoms with E-state index in [2.05, 4.69) is 5.32 Å². The van der Waals surface area contributed by atoms with Crippen LogP contribution in [0, 0.1) is 5.92 Å². The van der Waals surface area contributed by atoms with Gasteiger partial charge in [0.1, 0.15) is 0 Å². The van der Waals surface area contributed by atoms with E-state index in [9.17, 15) is 13.2 Å². The third-order valence-corrected chi connectivity index (χ3v) is 6.01. The monoisotopic (exact) mass is 339 g/mol. The Kier molecular flexibility index (Phi) is 6.15. The van der Waals surface area contributed by atoms with Crippen molar-refractivity contribution >= 4 is 16.1 Å². The van der Waals surface area contributed by atoms with Crippen LogP contribution in [0.25, 0.3) is 0 Å². The van der Waals surface area contributed by atoms with E-state index in [0.29, 0.717) is 19.5 Å². The molecule has 1 saturated heterocycles. The third kappa shape index (κ3) is 4.76. The molecule has 23 heavy (non-hydrogen) atoms. The van der Waals surface area contributed by atoms with E-state index in [1.165, 1.54) is 28.3 Å². The second kappa shape index (κ2) is 7.90. The molecule has 1 amide bonds. The Bertz CT molecular complexity index is 617. The Morgan fingerprint density at radius 3 is 2.65 bits per heavy atom. The van der Waals surface area contributed by atoms with Gasteiger partial charge in [-0.05, 0) is 24.8 Å². The molecule has 0 aliphatic carbocycles. The fourth-order valence-electron chi connectivity index (χ4n) is 2.72.